The van der Waals surface area contributed by atoms with Gasteiger partial charge in [0.25, 0.3) is 0 Å². The fraction of sp³-hybridized carbons (Fsp3) is 0.444. The summed E-state index contributed by atoms with van der Waals surface area (Å²) in [6.45, 7) is 4.02. The minimum Gasteiger partial charge on any atom is -0.397 e. The maximum atomic E-state index is 5.63. The molecule has 0 saturated carbocycles. The molecule has 0 amide bonds. The molecule has 1 aromatic heterocycles. The highest BCUT2D eigenvalue weighted by atomic mass is 79.9. The van der Waals surface area contributed by atoms with E-state index >= 15 is 0 Å². The Morgan fingerprint density at radius 2 is 2.14 bits per heavy atom. The third-order valence-corrected chi connectivity index (χ3v) is 2.84. The van der Waals surface area contributed by atoms with E-state index in [2.05, 4.69) is 31.1 Å². The number of nitrogens with two attached hydrogens (primary N) is 1. The van der Waals surface area contributed by atoms with Crippen LogP contribution in [0.5, 0.6) is 0 Å². The second-order valence-corrected chi connectivity index (χ2v) is 4.17. The smallest absolute Gasteiger partial charge is 0.143 e. The van der Waals surface area contributed by atoms with Crippen molar-refractivity contribution in [3.63, 3.8) is 0 Å². The molecule has 0 radical (unpaired) electrons. The van der Waals surface area contributed by atoms with Crippen molar-refractivity contribution in [1.29, 1.82) is 0 Å². The number of halogens is 1. The molecule has 0 spiro atoms. The first kappa shape index (κ1) is 9.73. The van der Waals surface area contributed by atoms with Gasteiger partial charge in [-0.25, -0.2) is 4.98 Å². The van der Waals surface area contributed by atoms with Gasteiger partial charge in [-0.2, -0.15) is 0 Å². The Balaban J connectivity index is 2.22. The molecule has 1 aliphatic rings. The minimum atomic E-state index is 0.691. The number of pyridine rings is 1. The summed E-state index contributed by atoms with van der Waals surface area (Å²) >= 11 is 3.48. The molecular weight excluding hydrogens is 244 g/mol. The van der Waals surface area contributed by atoms with Crippen LogP contribution in [0.25, 0.3) is 0 Å². The lowest BCUT2D eigenvalue weighted by Crippen LogP contribution is -2.44. The molecule has 0 aliphatic carbocycles. The fourth-order valence-corrected chi connectivity index (χ4v) is 2.17. The molecule has 0 unspecified atom stereocenters. The molecule has 1 saturated heterocycles. The van der Waals surface area contributed by atoms with E-state index in [1.807, 2.05) is 6.07 Å². The largest absolute Gasteiger partial charge is 0.397 e. The van der Waals surface area contributed by atoms with Crippen LogP contribution in [-0.4, -0.2) is 31.2 Å². The summed E-state index contributed by atoms with van der Waals surface area (Å²) in [5.74, 6) is 0.987. The van der Waals surface area contributed by atoms with Gasteiger partial charge >= 0.3 is 0 Å². The summed E-state index contributed by atoms with van der Waals surface area (Å²) in [7, 11) is 0. The predicted octanol–water partition coefficient (Wildman–Crippen LogP) is 0.836. The predicted molar refractivity (Wildman–Crippen MR) is 61.4 cm³/mol. The first-order valence-electron chi connectivity index (χ1n) is 4.64. The molecule has 5 heteroatoms. The second-order valence-electron chi connectivity index (χ2n) is 3.31. The maximum Gasteiger partial charge on any atom is 0.143 e. The fourth-order valence-electron chi connectivity index (χ4n) is 1.55. The van der Waals surface area contributed by atoms with Gasteiger partial charge in [-0.15, -0.1) is 0 Å². The Hall–Kier alpha value is -0.810. The van der Waals surface area contributed by atoms with Crippen LogP contribution in [0, 0.1) is 0 Å². The van der Waals surface area contributed by atoms with E-state index in [0.29, 0.717) is 5.69 Å². The Kier molecular flexibility index (Phi) is 2.88. The third kappa shape index (κ3) is 1.99. The molecule has 1 aromatic rings. The highest BCUT2D eigenvalue weighted by Crippen LogP contribution is 2.25. The van der Waals surface area contributed by atoms with E-state index in [4.69, 9.17) is 5.73 Å². The number of piperazine rings is 1. The lowest BCUT2D eigenvalue weighted by molar-refractivity contribution is 0.584. The van der Waals surface area contributed by atoms with Crippen LogP contribution in [-0.2, 0) is 0 Å². The van der Waals surface area contributed by atoms with Gasteiger partial charge in [0.15, 0.2) is 0 Å². The van der Waals surface area contributed by atoms with Crippen LogP contribution in [0.3, 0.4) is 0 Å². The van der Waals surface area contributed by atoms with E-state index in [1.165, 1.54) is 0 Å². The Bertz CT molecular complexity index is 323. The maximum absolute atomic E-state index is 5.63. The summed E-state index contributed by atoms with van der Waals surface area (Å²) in [4.78, 5) is 6.58. The minimum absolute atomic E-state index is 0.691. The van der Waals surface area contributed by atoms with Crippen molar-refractivity contribution in [2.45, 2.75) is 0 Å². The zero-order chi connectivity index (χ0) is 9.97. The number of rotatable bonds is 1. The van der Waals surface area contributed by atoms with Gasteiger partial charge in [-0.05, 0) is 22.0 Å². The van der Waals surface area contributed by atoms with E-state index < -0.39 is 0 Å². The zero-order valence-electron chi connectivity index (χ0n) is 7.83. The molecule has 0 aromatic carbocycles. The van der Waals surface area contributed by atoms with Crippen molar-refractivity contribution >= 4 is 27.4 Å². The SMILES string of the molecule is Nc1cnc(N2CCNCC2)c(Br)c1. The molecule has 3 N–H and O–H groups in total. The van der Waals surface area contributed by atoms with E-state index in [0.717, 1.165) is 36.5 Å². The van der Waals surface area contributed by atoms with Gasteiger partial charge in [-0.3, -0.25) is 0 Å². The van der Waals surface area contributed by atoms with Crippen LogP contribution in [0.4, 0.5) is 11.5 Å². The molecule has 1 fully saturated rings. The molecule has 2 rings (SSSR count). The number of nitrogens with one attached hydrogen (secondary N) is 1. The molecule has 0 bridgehead atoms. The first-order valence-corrected chi connectivity index (χ1v) is 5.43. The van der Waals surface area contributed by atoms with Gasteiger partial charge in [0.1, 0.15) is 5.82 Å². The molecule has 4 nitrogen and oxygen atoms in total. The second kappa shape index (κ2) is 4.14. The normalized spacial score (nSPS) is 17.1. The van der Waals surface area contributed by atoms with E-state index in [9.17, 15) is 0 Å². The van der Waals surface area contributed by atoms with Gasteiger partial charge in [0, 0.05) is 26.2 Å². The molecule has 14 heavy (non-hydrogen) atoms. The van der Waals surface area contributed by atoms with Gasteiger partial charge in [0.2, 0.25) is 0 Å². The average molecular weight is 257 g/mol. The highest BCUT2D eigenvalue weighted by molar-refractivity contribution is 9.10. The Morgan fingerprint density at radius 1 is 1.43 bits per heavy atom. The summed E-state index contributed by atoms with van der Waals surface area (Å²) in [5.41, 5.74) is 6.32. The average Bonchev–Trinajstić information content (AvgIpc) is 2.19. The van der Waals surface area contributed by atoms with Crippen LogP contribution in [0.2, 0.25) is 0 Å². The molecule has 76 valence electrons. The summed E-state index contributed by atoms with van der Waals surface area (Å²) < 4.78 is 0.972. The molecule has 2 heterocycles. The molecular formula is C9H13BrN4. The topological polar surface area (TPSA) is 54.2 Å². The van der Waals surface area contributed by atoms with Crippen LogP contribution >= 0.6 is 15.9 Å². The number of hydrogen-bond donors (Lipinski definition) is 2. The third-order valence-electron chi connectivity index (χ3n) is 2.26. The van der Waals surface area contributed by atoms with Crippen molar-refractivity contribution in [2.24, 2.45) is 0 Å². The summed E-state index contributed by atoms with van der Waals surface area (Å²) in [6.07, 6.45) is 1.70. The Labute approximate surface area is 91.6 Å². The number of anilines is 2. The van der Waals surface area contributed by atoms with Gasteiger partial charge in [0.05, 0.1) is 16.4 Å². The van der Waals surface area contributed by atoms with Crippen LogP contribution in [0.15, 0.2) is 16.7 Å². The molecule has 1 aliphatic heterocycles. The summed E-state index contributed by atoms with van der Waals surface area (Å²) in [6, 6.07) is 1.89. The monoisotopic (exact) mass is 256 g/mol. The van der Waals surface area contributed by atoms with Crippen molar-refractivity contribution in [2.75, 3.05) is 36.8 Å². The number of hydrogen-bond acceptors (Lipinski definition) is 4. The number of aromatic nitrogens is 1. The van der Waals surface area contributed by atoms with Crippen molar-refractivity contribution in [3.05, 3.63) is 16.7 Å². The van der Waals surface area contributed by atoms with Crippen molar-refractivity contribution in [1.82, 2.24) is 10.3 Å². The summed E-state index contributed by atoms with van der Waals surface area (Å²) in [5, 5.41) is 3.31. The lowest BCUT2D eigenvalue weighted by Gasteiger charge is -2.29. The van der Waals surface area contributed by atoms with Gasteiger partial charge < -0.3 is 16.0 Å². The van der Waals surface area contributed by atoms with Crippen LogP contribution in [0.1, 0.15) is 0 Å². The standard InChI is InChI=1S/C9H13BrN4/c10-8-5-7(11)6-13-9(8)14-3-1-12-2-4-14/h5-6,12H,1-4,11H2. The lowest BCUT2D eigenvalue weighted by atomic mass is 10.3. The Morgan fingerprint density at radius 3 is 2.79 bits per heavy atom. The number of nitrogens with zero attached hydrogens (tertiary/aromatic N) is 2. The first-order chi connectivity index (χ1) is 6.77. The number of nitrogen functional groups attached to an aromatic ring is 1. The van der Waals surface area contributed by atoms with Gasteiger partial charge in [-0.1, -0.05) is 0 Å². The quantitative estimate of drug-likeness (QED) is 0.782. The van der Waals surface area contributed by atoms with E-state index in [-0.39, 0.29) is 0 Å². The van der Waals surface area contributed by atoms with Crippen molar-refractivity contribution in [3.8, 4) is 0 Å². The van der Waals surface area contributed by atoms with Crippen molar-refractivity contribution < 1.29 is 0 Å². The van der Waals surface area contributed by atoms with Crippen LogP contribution < -0.4 is 16.0 Å². The molecule has 0 atom stereocenters. The highest BCUT2D eigenvalue weighted by Gasteiger charge is 2.14. The zero-order valence-corrected chi connectivity index (χ0v) is 9.42. The van der Waals surface area contributed by atoms with E-state index in [1.54, 1.807) is 6.20 Å².